The maximum atomic E-state index is 12.4. The van der Waals surface area contributed by atoms with Gasteiger partial charge in [0.05, 0.1) is 19.1 Å². The minimum atomic E-state index is -3.78. The van der Waals surface area contributed by atoms with Crippen LogP contribution in [-0.4, -0.2) is 41.1 Å². The third-order valence-electron chi connectivity index (χ3n) is 3.58. The molecule has 128 valence electrons. The average Bonchev–Trinajstić information content (AvgIpc) is 2.50. The Bertz CT molecular complexity index is 700. The van der Waals surface area contributed by atoms with E-state index in [4.69, 9.17) is 9.47 Å². The predicted octanol–water partition coefficient (Wildman–Crippen LogP) is 0.679. The van der Waals surface area contributed by atoms with Gasteiger partial charge < -0.3 is 14.8 Å². The molecule has 1 aliphatic rings. The molecule has 1 heterocycles. The second-order valence-electron chi connectivity index (χ2n) is 5.83. The number of carbonyl (C=O) groups excluding carboxylic acids is 1. The number of ether oxygens (including phenoxy) is 2. The summed E-state index contributed by atoms with van der Waals surface area (Å²) < 4.78 is 37.6. The molecule has 1 unspecified atom stereocenters. The molecule has 0 aromatic heterocycles. The minimum Gasteiger partial charge on any atom is -0.493 e. The van der Waals surface area contributed by atoms with Crippen molar-refractivity contribution >= 4 is 15.9 Å². The lowest BCUT2D eigenvalue weighted by Gasteiger charge is -2.26. The van der Waals surface area contributed by atoms with Gasteiger partial charge in [0.25, 0.3) is 0 Å². The molecule has 1 atom stereocenters. The molecular formula is C15H22N2O5S. The summed E-state index contributed by atoms with van der Waals surface area (Å²) in [6.07, 6.45) is 0.263. The molecular weight excluding hydrogens is 320 g/mol. The number of carbonyl (C=O) groups is 1. The number of nitrogens with one attached hydrogen (secondary N) is 2. The number of rotatable bonds is 5. The lowest BCUT2D eigenvalue weighted by atomic mass is 10.0. The van der Waals surface area contributed by atoms with Crippen LogP contribution in [0.15, 0.2) is 17.0 Å². The Balaban J connectivity index is 2.34. The monoisotopic (exact) mass is 342 g/mol. The van der Waals surface area contributed by atoms with E-state index >= 15 is 0 Å². The van der Waals surface area contributed by atoms with Crippen LogP contribution in [0.3, 0.4) is 0 Å². The molecule has 0 spiro atoms. The first-order valence-electron chi connectivity index (χ1n) is 7.33. The van der Waals surface area contributed by atoms with E-state index in [0.717, 1.165) is 0 Å². The van der Waals surface area contributed by atoms with E-state index in [-0.39, 0.29) is 23.1 Å². The predicted molar refractivity (Wildman–Crippen MR) is 85.2 cm³/mol. The van der Waals surface area contributed by atoms with Crippen LogP contribution < -0.4 is 19.5 Å². The fourth-order valence-electron chi connectivity index (χ4n) is 2.40. The molecule has 1 aromatic rings. The van der Waals surface area contributed by atoms with Gasteiger partial charge >= 0.3 is 0 Å². The topological polar surface area (TPSA) is 93.7 Å². The number of methoxy groups -OCH3 is 2. The molecule has 0 bridgehead atoms. The Morgan fingerprint density at radius 3 is 2.48 bits per heavy atom. The molecule has 1 amide bonds. The Labute approximate surface area is 136 Å². The first-order valence-corrected chi connectivity index (χ1v) is 8.81. The summed E-state index contributed by atoms with van der Waals surface area (Å²) in [7, 11) is -0.860. The number of fused-ring (bicyclic) bond motifs is 1. The summed E-state index contributed by atoms with van der Waals surface area (Å²) >= 11 is 0. The largest absolute Gasteiger partial charge is 0.493 e. The smallest absolute Gasteiger partial charge is 0.241 e. The fourth-order valence-corrected chi connectivity index (χ4v) is 3.84. The Hall–Kier alpha value is -1.80. The van der Waals surface area contributed by atoms with Gasteiger partial charge in [-0.1, -0.05) is 13.8 Å². The second-order valence-corrected chi connectivity index (χ2v) is 7.51. The molecule has 1 aliphatic heterocycles. The van der Waals surface area contributed by atoms with Gasteiger partial charge in [-0.2, -0.15) is 4.72 Å². The highest BCUT2D eigenvalue weighted by Gasteiger charge is 2.34. The van der Waals surface area contributed by atoms with Crippen molar-refractivity contribution in [3.8, 4) is 11.5 Å². The highest BCUT2D eigenvalue weighted by atomic mass is 32.2. The zero-order chi connectivity index (χ0) is 17.2. The summed E-state index contributed by atoms with van der Waals surface area (Å²) in [6.45, 7) is 4.44. The summed E-state index contributed by atoms with van der Waals surface area (Å²) in [5.74, 6) is 0.725. The van der Waals surface area contributed by atoms with E-state index in [0.29, 0.717) is 23.6 Å². The molecule has 0 saturated heterocycles. The number of hydrogen-bond donors (Lipinski definition) is 2. The van der Waals surface area contributed by atoms with E-state index in [2.05, 4.69) is 10.0 Å². The van der Waals surface area contributed by atoms with Gasteiger partial charge in [0.2, 0.25) is 15.9 Å². The molecule has 2 N–H and O–H groups in total. The summed E-state index contributed by atoms with van der Waals surface area (Å²) in [6, 6.07) is 2.19. The third kappa shape index (κ3) is 3.76. The number of sulfonamides is 1. The van der Waals surface area contributed by atoms with Crippen LogP contribution in [-0.2, 0) is 21.2 Å². The van der Waals surface area contributed by atoms with Crippen molar-refractivity contribution in [3.05, 3.63) is 17.7 Å². The maximum Gasteiger partial charge on any atom is 0.241 e. The summed E-state index contributed by atoms with van der Waals surface area (Å²) in [5.41, 5.74) is 0.533. The van der Waals surface area contributed by atoms with Crippen molar-refractivity contribution in [2.45, 2.75) is 31.2 Å². The fraction of sp³-hybridized carbons (Fsp3) is 0.533. The zero-order valence-electron chi connectivity index (χ0n) is 13.7. The van der Waals surface area contributed by atoms with E-state index in [1.807, 2.05) is 13.8 Å². The highest BCUT2D eigenvalue weighted by molar-refractivity contribution is 7.89. The van der Waals surface area contributed by atoms with Crippen molar-refractivity contribution in [1.29, 1.82) is 0 Å². The van der Waals surface area contributed by atoms with Crippen LogP contribution in [0.25, 0.3) is 0 Å². The number of hydrogen-bond acceptors (Lipinski definition) is 5. The van der Waals surface area contributed by atoms with Gasteiger partial charge in [-0.3, -0.25) is 4.79 Å². The molecule has 2 rings (SSSR count). The van der Waals surface area contributed by atoms with Gasteiger partial charge in [-0.15, -0.1) is 0 Å². The summed E-state index contributed by atoms with van der Waals surface area (Å²) in [4.78, 5) is 12.3. The van der Waals surface area contributed by atoms with E-state index in [9.17, 15) is 13.2 Å². The average molecular weight is 342 g/mol. The van der Waals surface area contributed by atoms with Crippen LogP contribution in [0.5, 0.6) is 11.5 Å². The number of amides is 1. The molecule has 8 heteroatoms. The Kier molecular flexibility index (Phi) is 5.16. The quantitative estimate of drug-likeness (QED) is 0.821. The second kappa shape index (κ2) is 6.76. The Morgan fingerprint density at radius 2 is 1.91 bits per heavy atom. The normalized spacial score (nSPS) is 19.1. The van der Waals surface area contributed by atoms with Gasteiger partial charge in [-0.25, -0.2) is 8.42 Å². The van der Waals surface area contributed by atoms with Gasteiger partial charge in [0.1, 0.15) is 6.04 Å². The maximum absolute atomic E-state index is 12.4. The minimum absolute atomic E-state index is 0.114. The van der Waals surface area contributed by atoms with E-state index in [1.54, 1.807) is 6.07 Å². The standard InChI is InChI=1S/C15H22N2O5S/c1-9(2)8-16-15(18)11-5-10-6-12(21-3)13(22-4)7-14(10)23(19,20)17-11/h6-7,9,11,17H,5,8H2,1-4H3,(H,16,18). The molecule has 0 fully saturated rings. The molecule has 0 saturated carbocycles. The summed E-state index contributed by atoms with van der Waals surface area (Å²) in [5, 5.41) is 2.75. The van der Waals surface area contributed by atoms with Crippen LogP contribution in [0, 0.1) is 5.92 Å². The highest BCUT2D eigenvalue weighted by Crippen LogP contribution is 2.35. The first kappa shape index (κ1) is 17.6. The molecule has 0 radical (unpaired) electrons. The third-order valence-corrected chi connectivity index (χ3v) is 5.13. The van der Waals surface area contributed by atoms with Crippen LogP contribution >= 0.6 is 0 Å². The SMILES string of the molecule is COc1cc2c(cc1OC)S(=O)(=O)NC(C(=O)NCC(C)C)C2. The molecule has 1 aromatic carbocycles. The van der Waals surface area contributed by atoms with Crippen LogP contribution in [0.2, 0.25) is 0 Å². The van der Waals surface area contributed by atoms with Crippen molar-refractivity contribution in [1.82, 2.24) is 10.0 Å². The van der Waals surface area contributed by atoms with E-state index in [1.165, 1.54) is 20.3 Å². The van der Waals surface area contributed by atoms with Crippen LogP contribution in [0.4, 0.5) is 0 Å². The van der Waals surface area contributed by atoms with Crippen molar-refractivity contribution in [2.75, 3.05) is 20.8 Å². The first-order chi connectivity index (χ1) is 10.8. The van der Waals surface area contributed by atoms with E-state index < -0.39 is 16.1 Å². The van der Waals surface area contributed by atoms with Crippen LogP contribution in [0.1, 0.15) is 19.4 Å². The zero-order valence-corrected chi connectivity index (χ0v) is 14.5. The van der Waals surface area contributed by atoms with Crippen molar-refractivity contribution in [3.63, 3.8) is 0 Å². The lowest BCUT2D eigenvalue weighted by molar-refractivity contribution is -0.122. The van der Waals surface area contributed by atoms with Gasteiger partial charge in [0, 0.05) is 12.6 Å². The number of benzene rings is 1. The lowest BCUT2D eigenvalue weighted by Crippen LogP contribution is -2.51. The molecule has 7 nitrogen and oxygen atoms in total. The molecule has 0 aliphatic carbocycles. The van der Waals surface area contributed by atoms with Crippen molar-refractivity contribution in [2.24, 2.45) is 5.92 Å². The Morgan fingerprint density at radius 1 is 1.30 bits per heavy atom. The molecule has 23 heavy (non-hydrogen) atoms. The van der Waals surface area contributed by atoms with Crippen molar-refractivity contribution < 1.29 is 22.7 Å². The van der Waals surface area contributed by atoms with Gasteiger partial charge in [0.15, 0.2) is 11.5 Å². The van der Waals surface area contributed by atoms with Gasteiger partial charge in [-0.05, 0) is 24.0 Å².